The molecule has 0 spiro atoms. The third-order valence-corrected chi connectivity index (χ3v) is 6.56. The molecule has 29 heavy (non-hydrogen) atoms. The zero-order valence-electron chi connectivity index (χ0n) is 16.7. The lowest BCUT2D eigenvalue weighted by atomic mass is 9.94. The lowest BCUT2D eigenvalue weighted by molar-refractivity contribution is -0.146. The number of benzene rings is 1. The van der Waals surface area contributed by atoms with Gasteiger partial charge in [-0.15, -0.1) is 22.9 Å². The Morgan fingerprint density at radius 3 is 2.41 bits per heavy atom. The molecule has 1 aliphatic rings. The van der Waals surface area contributed by atoms with Crippen LogP contribution in [0.5, 0.6) is 0 Å². The highest BCUT2D eigenvalue weighted by Crippen LogP contribution is 2.32. The zero-order valence-corrected chi connectivity index (χ0v) is 18.3. The van der Waals surface area contributed by atoms with E-state index in [2.05, 4.69) is 0 Å². The highest BCUT2D eigenvalue weighted by atomic mass is 35.5. The molecule has 1 heterocycles. The topological polar surface area (TPSA) is 40.6 Å². The lowest BCUT2D eigenvalue weighted by Crippen LogP contribution is -2.48. The number of carbonyl (C=O) groups is 2. The highest BCUT2D eigenvalue weighted by molar-refractivity contribution is 7.09. The first-order valence-corrected chi connectivity index (χ1v) is 11.1. The van der Waals surface area contributed by atoms with Gasteiger partial charge >= 0.3 is 0 Å². The first-order valence-electron chi connectivity index (χ1n) is 9.72. The second-order valence-corrected chi connectivity index (χ2v) is 9.44. The number of rotatable bonds is 9. The molecule has 0 bridgehead atoms. The molecule has 0 radical (unpaired) electrons. The van der Waals surface area contributed by atoms with Crippen molar-refractivity contribution in [3.8, 4) is 0 Å². The van der Waals surface area contributed by atoms with Crippen LogP contribution in [-0.4, -0.2) is 40.1 Å². The molecule has 0 unspecified atom stereocenters. The Morgan fingerprint density at radius 1 is 1.17 bits per heavy atom. The van der Waals surface area contributed by atoms with E-state index in [1.54, 1.807) is 33.3 Å². The van der Waals surface area contributed by atoms with Crippen molar-refractivity contribution in [2.45, 2.75) is 45.8 Å². The molecule has 0 N–H and O–H groups in total. The Balaban J connectivity index is 1.77. The van der Waals surface area contributed by atoms with Gasteiger partial charge in [-0.2, -0.15) is 0 Å². The van der Waals surface area contributed by atoms with Crippen LogP contribution in [0.25, 0.3) is 0 Å². The SMILES string of the molecule is CC(C)(CCl)C(=O)N(CC(=O)N(Cc1ccc(F)cc1)Cc1cccs1)C1CC1. The minimum Gasteiger partial charge on any atom is -0.332 e. The van der Waals surface area contributed by atoms with E-state index < -0.39 is 5.41 Å². The second kappa shape index (κ2) is 9.26. The van der Waals surface area contributed by atoms with E-state index >= 15 is 0 Å². The van der Waals surface area contributed by atoms with Crippen LogP contribution in [-0.2, 0) is 22.7 Å². The van der Waals surface area contributed by atoms with Crippen molar-refractivity contribution in [2.75, 3.05) is 12.4 Å². The van der Waals surface area contributed by atoms with Gasteiger partial charge in [0.25, 0.3) is 0 Å². The summed E-state index contributed by atoms with van der Waals surface area (Å²) in [7, 11) is 0. The Morgan fingerprint density at radius 2 is 1.86 bits per heavy atom. The van der Waals surface area contributed by atoms with Crippen LogP contribution in [0, 0.1) is 11.2 Å². The fraction of sp³-hybridized carbons (Fsp3) is 0.455. The largest absolute Gasteiger partial charge is 0.332 e. The fourth-order valence-corrected chi connectivity index (χ4v) is 3.91. The van der Waals surface area contributed by atoms with Gasteiger partial charge in [-0.3, -0.25) is 9.59 Å². The van der Waals surface area contributed by atoms with Gasteiger partial charge < -0.3 is 9.80 Å². The van der Waals surface area contributed by atoms with E-state index in [1.807, 2.05) is 31.4 Å². The van der Waals surface area contributed by atoms with Gasteiger partial charge in [0.05, 0.1) is 12.0 Å². The molecule has 2 amide bonds. The minimum atomic E-state index is -0.708. The van der Waals surface area contributed by atoms with E-state index in [1.165, 1.54) is 12.1 Å². The predicted octanol–water partition coefficient (Wildman–Crippen LogP) is 4.67. The van der Waals surface area contributed by atoms with Gasteiger partial charge in [0, 0.05) is 23.3 Å². The third kappa shape index (κ3) is 5.80. The normalized spacial score (nSPS) is 13.9. The molecular weight excluding hydrogens is 411 g/mol. The Kier molecular flexibility index (Phi) is 6.96. The van der Waals surface area contributed by atoms with E-state index in [4.69, 9.17) is 11.6 Å². The Bertz CT molecular complexity index is 835. The van der Waals surface area contributed by atoms with Gasteiger partial charge in [0.2, 0.25) is 11.8 Å². The summed E-state index contributed by atoms with van der Waals surface area (Å²) in [6, 6.07) is 10.2. The maximum Gasteiger partial charge on any atom is 0.242 e. The Labute approximate surface area is 180 Å². The highest BCUT2D eigenvalue weighted by Gasteiger charge is 2.40. The first kappa shape index (κ1) is 21.8. The van der Waals surface area contributed by atoms with Crippen molar-refractivity contribution in [2.24, 2.45) is 5.41 Å². The summed E-state index contributed by atoms with van der Waals surface area (Å²) in [5.41, 5.74) is 0.140. The average molecular weight is 437 g/mol. The summed E-state index contributed by atoms with van der Waals surface area (Å²) in [5, 5.41) is 1.97. The summed E-state index contributed by atoms with van der Waals surface area (Å²) in [6.07, 6.45) is 1.83. The number of hydrogen-bond donors (Lipinski definition) is 0. The van der Waals surface area contributed by atoms with Gasteiger partial charge in [0.15, 0.2) is 0 Å². The van der Waals surface area contributed by atoms with Gasteiger partial charge in [0.1, 0.15) is 12.4 Å². The minimum absolute atomic E-state index is 0.0381. The third-order valence-electron chi connectivity index (χ3n) is 5.03. The van der Waals surface area contributed by atoms with Crippen LogP contribution < -0.4 is 0 Å². The number of nitrogens with zero attached hydrogens (tertiary/aromatic N) is 2. The molecule has 2 aromatic rings. The molecular formula is C22H26ClFN2O2S. The second-order valence-electron chi connectivity index (χ2n) is 8.14. The molecule has 156 valence electrons. The van der Waals surface area contributed by atoms with E-state index in [-0.39, 0.29) is 36.1 Å². The molecule has 3 rings (SSSR count). The number of halogens is 2. The van der Waals surface area contributed by atoms with Gasteiger partial charge in [-0.05, 0) is 55.8 Å². The van der Waals surface area contributed by atoms with Crippen LogP contribution in [0.2, 0.25) is 0 Å². The first-order chi connectivity index (χ1) is 13.8. The summed E-state index contributed by atoms with van der Waals surface area (Å²) in [5.74, 6) is -0.300. The summed E-state index contributed by atoms with van der Waals surface area (Å²) in [6.45, 7) is 4.48. The van der Waals surface area contributed by atoms with Crippen molar-refractivity contribution in [1.29, 1.82) is 0 Å². The number of carbonyl (C=O) groups excluding carboxylic acids is 2. The number of hydrogen-bond acceptors (Lipinski definition) is 3. The fourth-order valence-electron chi connectivity index (χ4n) is 3.08. The van der Waals surface area contributed by atoms with Crippen LogP contribution in [0.4, 0.5) is 4.39 Å². The van der Waals surface area contributed by atoms with Crippen LogP contribution in [0.3, 0.4) is 0 Å². The summed E-state index contributed by atoms with van der Waals surface area (Å²) in [4.78, 5) is 30.7. The molecule has 1 saturated carbocycles. The molecule has 0 atom stereocenters. The van der Waals surface area contributed by atoms with Crippen molar-refractivity contribution < 1.29 is 14.0 Å². The van der Waals surface area contributed by atoms with Crippen molar-refractivity contribution in [1.82, 2.24) is 9.80 Å². The van der Waals surface area contributed by atoms with Crippen LogP contribution in [0.1, 0.15) is 37.1 Å². The van der Waals surface area contributed by atoms with Crippen LogP contribution >= 0.6 is 22.9 Å². The number of amides is 2. The maximum atomic E-state index is 13.3. The Hall–Kier alpha value is -1.92. The van der Waals surface area contributed by atoms with E-state index in [0.29, 0.717) is 13.1 Å². The monoisotopic (exact) mass is 436 g/mol. The molecule has 0 aliphatic heterocycles. The molecule has 1 aromatic carbocycles. The van der Waals surface area contributed by atoms with E-state index in [9.17, 15) is 14.0 Å². The predicted molar refractivity (Wildman–Crippen MR) is 114 cm³/mol. The average Bonchev–Trinajstić information content (AvgIpc) is 3.42. The zero-order chi connectivity index (χ0) is 21.0. The summed E-state index contributed by atoms with van der Waals surface area (Å²) < 4.78 is 13.3. The van der Waals surface area contributed by atoms with Crippen molar-refractivity contribution in [3.63, 3.8) is 0 Å². The van der Waals surface area contributed by atoms with Crippen LogP contribution in [0.15, 0.2) is 41.8 Å². The summed E-state index contributed by atoms with van der Waals surface area (Å²) >= 11 is 7.58. The lowest BCUT2D eigenvalue weighted by Gasteiger charge is -2.32. The maximum absolute atomic E-state index is 13.3. The standard InChI is InChI=1S/C22H26ClFN2O2S/c1-22(2,15-23)21(28)26(18-9-10-18)14-20(27)25(13-19-4-3-11-29-19)12-16-5-7-17(24)8-6-16/h3-8,11,18H,9-10,12-15H2,1-2H3. The molecule has 4 nitrogen and oxygen atoms in total. The van der Waals surface area contributed by atoms with Crippen molar-refractivity contribution in [3.05, 3.63) is 58.0 Å². The number of thiophene rings is 1. The smallest absolute Gasteiger partial charge is 0.242 e. The van der Waals surface area contributed by atoms with Gasteiger partial charge in [-0.1, -0.05) is 18.2 Å². The molecule has 7 heteroatoms. The van der Waals surface area contributed by atoms with Gasteiger partial charge in [-0.25, -0.2) is 4.39 Å². The van der Waals surface area contributed by atoms with Crippen molar-refractivity contribution >= 4 is 34.8 Å². The van der Waals surface area contributed by atoms with E-state index in [0.717, 1.165) is 23.3 Å². The molecule has 1 aliphatic carbocycles. The number of alkyl halides is 1. The molecule has 1 aromatic heterocycles. The quantitative estimate of drug-likeness (QED) is 0.536. The molecule has 1 fully saturated rings. The molecule has 0 saturated heterocycles.